The molecule has 0 amide bonds. The highest BCUT2D eigenvalue weighted by atomic mass is 35.5. The molecule has 3 heterocycles. The predicted octanol–water partition coefficient (Wildman–Crippen LogP) is 5.53. The smallest absolute Gasteiger partial charge is 0.380 e. The van der Waals surface area contributed by atoms with Gasteiger partial charge in [-0.25, -0.2) is 0 Å². The summed E-state index contributed by atoms with van der Waals surface area (Å²) in [7, 11) is 0. The number of rotatable bonds is 4. The van der Waals surface area contributed by atoms with Crippen molar-refractivity contribution < 1.29 is 18.3 Å². The van der Waals surface area contributed by atoms with Crippen LogP contribution in [0.25, 0.3) is 27.5 Å². The van der Waals surface area contributed by atoms with Crippen molar-refractivity contribution >= 4 is 34.2 Å². The minimum atomic E-state index is -4.56. The first-order valence-electron chi connectivity index (χ1n) is 10.8. The lowest BCUT2D eigenvalue weighted by Gasteiger charge is -2.39. The first-order chi connectivity index (χ1) is 15.3. The monoisotopic (exact) mass is 475 g/mol. The van der Waals surface area contributed by atoms with Gasteiger partial charge in [0.2, 0.25) is 0 Å². The number of alkyl halides is 3. The average molecular weight is 476 g/mol. The molecule has 2 aromatic heterocycles. The number of aliphatic hydroxyl groups is 1. The Hall–Kier alpha value is -2.61. The maximum Gasteiger partial charge on any atom is 0.417 e. The highest BCUT2D eigenvalue weighted by Crippen LogP contribution is 2.38. The summed E-state index contributed by atoms with van der Waals surface area (Å²) in [6.07, 6.45) is -0.525. The van der Waals surface area contributed by atoms with Gasteiger partial charge in [0.1, 0.15) is 0 Å². The largest absolute Gasteiger partial charge is 0.417 e. The molecule has 174 valence electrons. The van der Waals surface area contributed by atoms with E-state index in [9.17, 15) is 18.3 Å². The van der Waals surface area contributed by atoms with E-state index in [1.54, 1.807) is 6.20 Å². The van der Waals surface area contributed by atoms with Gasteiger partial charge in [0, 0.05) is 48.5 Å². The molecule has 1 N–H and O–H groups in total. The van der Waals surface area contributed by atoms with E-state index in [4.69, 9.17) is 0 Å². The van der Waals surface area contributed by atoms with Gasteiger partial charge in [0.25, 0.3) is 0 Å². The first kappa shape index (κ1) is 23.5. The van der Waals surface area contributed by atoms with Crippen LogP contribution in [-0.4, -0.2) is 51.0 Å². The van der Waals surface area contributed by atoms with Gasteiger partial charge in [-0.15, -0.1) is 12.4 Å². The van der Waals surface area contributed by atoms with Crippen LogP contribution in [0.2, 0.25) is 0 Å². The Labute approximate surface area is 196 Å². The second-order valence-electron chi connectivity index (χ2n) is 8.54. The number of benzene rings is 2. The van der Waals surface area contributed by atoms with Crippen LogP contribution in [0, 0.1) is 0 Å². The summed E-state index contributed by atoms with van der Waals surface area (Å²) in [6.45, 7) is 1.16. The summed E-state index contributed by atoms with van der Waals surface area (Å²) in [5.41, 5.74) is 1.72. The Kier molecular flexibility index (Phi) is 6.40. The third-order valence-corrected chi connectivity index (χ3v) is 6.60. The van der Waals surface area contributed by atoms with Crippen LogP contribution < -0.4 is 0 Å². The van der Waals surface area contributed by atoms with E-state index in [1.807, 2.05) is 29.2 Å². The molecule has 1 aliphatic heterocycles. The SMILES string of the molecule is Cl.OC1(C(F)(F)F)CCN(CCc2cccc3c2ccn3-c2ccc3ncccc3c2)CC1. The zero-order valence-corrected chi connectivity index (χ0v) is 18.7. The molecule has 4 aromatic rings. The topological polar surface area (TPSA) is 41.3 Å². The number of aromatic nitrogens is 2. The van der Waals surface area contributed by atoms with Gasteiger partial charge in [0.05, 0.1) is 11.0 Å². The third-order valence-electron chi connectivity index (χ3n) is 6.60. The normalized spacial score (nSPS) is 16.7. The van der Waals surface area contributed by atoms with Gasteiger partial charge in [-0.2, -0.15) is 13.2 Å². The van der Waals surface area contributed by atoms with Crippen LogP contribution in [0.5, 0.6) is 0 Å². The van der Waals surface area contributed by atoms with Crippen LogP contribution in [0.4, 0.5) is 13.2 Å². The molecule has 8 heteroatoms. The summed E-state index contributed by atoms with van der Waals surface area (Å²) < 4.78 is 41.2. The van der Waals surface area contributed by atoms with Crippen molar-refractivity contribution in [2.45, 2.75) is 31.0 Å². The van der Waals surface area contributed by atoms with Crippen molar-refractivity contribution in [3.05, 3.63) is 72.6 Å². The van der Waals surface area contributed by atoms with Gasteiger partial charge in [0.15, 0.2) is 5.60 Å². The number of halogens is 4. The Morgan fingerprint density at radius 1 is 1.00 bits per heavy atom. The predicted molar refractivity (Wildman–Crippen MR) is 126 cm³/mol. The molecular weight excluding hydrogens is 451 g/mol. The summed E-state index contributed by atoms with van der Waals surface area (Å²) in [5, 5.41) is 12.1. The Balaban J connectivity index is 0.00000259. The van der Waals surface area contributed by atoms with Crippen LogP contribution in [0.1, 0.15) is 18.4 Å². The van der Waals surface area contributed by atoms with Gasteiger partial charge in [-0.05, 0) is 61.2 Å². The van der Waals surface area contributed by atoms with Crippen molar-refractivity contribution in [1.82, 2.24) is 14.5 Å². The molecule has 0 unspecified atom stereocenters. The second kappa shape index (κ2) is 8.97. The van der Waals surface area contributed by atoms with E-state index in [0.717, 1.165) is 33.9 Å². The number of nitrogens with zero attached hydrogens (tertiary/aromatic N) is 3. The summed E-state index contributed by atoms with van der Waals surface area (Å²) in [6, 6.07) is 18.4. The Bertz CT molecular complexity index is 1260. The fraction of sp³-hybridized carbons (Fsp3) is 0.320. The van der Waals surface area contributed by atoms with Gasteiger partial charge < -0.3 is 14.6 Å². The van der Waals surface area contributed by atoms with Gasteiger partial charge >= 0.3 is 6.18 Å². The molecule has 1 fully saturated rings. The lowest BCUT2D eigenvalue weighted by atomic mass is 9.90. The maximum absolute atomic E-state index is 13.0. The van der Waals surface area contributed by atoms with Crippen molar-refractivity contribution in [1.29, 1.82) is 0 Å². The standard InChI is InChI=1S/C25H24F3N3O.ClH/c26-25(27,28)24(32)10-15-30(16-11-24)13-8-18-3-1-5-23-21(18)9-14-31(23)20-6-7-22-19(17-20)4-2-12-29-22;/h1-7,9,12,14,17,32H,8,10-11,13,15-16H2;1H. The van der Waals surface area contributed by atoms with Crippen molar-refractivity contribution in [3.8, 4) is 5.69 Å². The van der Waals surface area contributed by atoms with Gasteiger partial charge in [-0.3, -0.25) is 4.98 Å². The molecule has 5 rings (SSSR count). The molecule has 0 saturated carbocycles. The molecule has 1 saturated heterocycles. The molecule has 1 aliphatic rings. The van der Waals surface area contributed by atoms with Crippen molar-refractivity contribution in [2.24, 2.45) is 0 Å². The van der Waals surface area contributed by atoms with E-state index in [2.05, 4.69) is 46.1 Å². The number of fused-ring (bicyclic) bond motifs is 2. The molecule has 2 aromatic carbocycles. The summed E-state index contributed by atoms with van der Waals surface area (Å²) in [5.74, 6) is 0. The third kappa shape index (κ3) is 4.45. The average Bonchev–Trinajstić information content (AvgIpc) is 3.22. The molecular formula is C25H25ClF3N3O. The minimum Gasteiger partial charge on any atom is -0.380 e. The zero-order chi connectivity index (χ0) is 22.3. The van der Waals surface area contributed by atoms with Crippen LogP contribution >= 0.6 is 12.4 Å². The summed E-state index contributed by atoms with van der Waals surface area (Å²) >= 11 is 0. The van der Waals surface area contributed by atoms with Crippen molar-refractivity contribution in [3.63, 3.8) is 0 Å². The zero-order valence-electron chi connectivity index (χ0n) is 17.9. The molecule has 0 aliphatic carbocycles. The number of likely N-dealkylation sites (tertiary alicyclic amines) is 1. The first-order valence-corrected chi connectivity index (χ1v) is 10.8. The van der Waals surface area contributed by atoms with Crippen LogP contribution in [-0.2, 0) is 6.42 Å². The molecule has 33 heavy (non-hydrogen) atoms. The number of hydrogen-bond acceptors (Lipinski definition) is 3. The molecule has 0 atom stereocenters. The molecule has 4 nitrogen and oxygen atoms in total. The van der Waals surface area contributed by atoms with E-state index in [-0.39, 0.29) is 38.3 Å². The summed E-state index contributed by atoms with van der Waals surface area (Å²) in [4.78, 5) is 6.39. The van der Waals surface area contributed by atoms with Crippen molar-refractivity contribution in [2.75, 3.05) is 19.6 Å². The highest BCUT2D eigenvalue weighted by Gasteiger charge is 2.54. The van der Waals surface area contributed by atoms with E-state index < -0.39 is 11.8 Å². The lowest BCUT2D eigenvalue weighted by Crippen LogP contribution is -2.53. The number of pyridine rings is 1. The number of piperidine rings is 1. The van der Waals surface area contributed by atoms with E-state index in [0.29, 0.717) is 6.54 Å². The van der Waals surface area contributed by atoms with Crippen LogP contribution in [0.15, 0.2) is 67.0 Å². The molecule has 0 spiro atoms. The molecule has 0 radical (unpaired) electrons. The van der Waals surface area contributed by atoms with E-state index in [1.165, 1.54) is 5.56 Å². The Morgan fingerprint density at radius 2 is 1.79 bits per heavy atom. The van der Waals surface area contributed by atoms with Gasteiger partial charge in [-0.1, -0.05) is 18.2 Å². The second-order valence-corrected chi connectivity index (χ2v) is 8.54. The fourth-order valence-electron chi connectivity index (χ4n) is 4.60. The lowest BCUT2D eigenvalue weighted by molar-refractivity contribution is -0.272. The Morgan fingerprint density at radius 3 is 2.55 bits per heavy atom. The fourth-order valence-corrected chi connectivity index (χ4v) is 4.60. The maximum atomic E-state index is 13.0. The number of hydrogen-bond donors (Lipinski definition) is 1. The van der Waals surface area contributed by atoms with Crippen LogP contribution in [0.3, 0.4) is 0 Å². The molecule has 0 bridgehead atoms. The quantitative estimate of drug-likeness (QED) is 0.422. The van der Waals surface area contributed by atoms with E-state index >= 15 is 0 Å². The highest BCUT2D eigenvalue weighted by molar-refractivity contribution is 5.87. The minimum absolute atomic E-state index is 0.